The van der Waals surface area contributed by atoms with Crippen molar-refractivity contribution < 1.29 is 9.18 Å². The molecule has 4 heteroatoms. The first-order valence-corrected chi connectivity index (χ1v) is 8.72. The van der Waals surface area contributed by atoms with Crippen LogP contribution in [0.5, 0.6) is 0 Å². The van der Waals surface area contributed by atoms with Crippen LogP contribution in [0.1, 0.15) is 25.3 Å². The molecule has 2 heterocycles. The van der Waals surface area contributed by atoms with Crippen LogP contribution in [0.4, 0.5) is 4.39 Å². The smallest absolute Gasteiger partial charge is 0.222 e. The Morgan fingerprint density at radius 1 is 1.30 bits per heavy atom. The lowest BCUT2D eigenvalue weighted by molar-refractivity contribution is -0.131. The average Bonchev–Trinajstić information content (AvgIpc) is 2.90. The monoisotopic (exact) mass is 318 g/mol. The van der Waals surface area contributed by atoms with Gasteiger partial charge in [0, 0.05) is 26.1 Å². The maximum Gasteiger partial charge on any atom is 0.222 e. The summed E-state index contributed by atoms with van der Waals surface area (Å²) in [5, 5.41) is 0. The molecule has 2 fully saturated rings. The highest BCUT2D eigenvalue weighted by Crippen LogP contribution is 2.31. The van der Waals surface area contributed by atoms with Gasteiger partial charge in [-0.05, 0) is 61.9 Å². The van der Waals surface area contributed by atoms with Gasteiger partial charge in [0.1, 0.15) is 5.82 Å². The number of piperidine rings is 1. The molecule has 1 aromatic rings. The molecule has 0 spiro atoms. The first kappa shape index (κ1) is 16.4. The fourth-order valence-corrected chi connectivity index (χ4v) is 4.12. The third-order valence-electron chi connectivity index (χ3n) is 5.35. The standard InChI is InChI=1S/C19H27FN2O/c1-14(8-15-4-3-5-18(20)10-15)9-19(23)22-12-16-6-7-21(2)11-17(16)13-22/h3-5,10,14,16-17H,6-9,11-13H2,1-2H3/t14?,16-,17+/m0/s1. The number of hydrogen-bond donors (Lipinski definition) is 0. The number of fused-ring (bicyclic) bond motifs is 1. The fraction of sp³-hybridized carbons (Fsp3) is 0.632. The molecule has 3 nitrogen and oxygen atoms in total. The van der Waals surface area contributed by atoms with E-state index in [0.717, 1.165) is 38.2 Å². The fourth-order valence-electron chi connectivity index (χ4n) is 4.12. The summed E-state index contributed by atoms with van der Waals surface area (Å²) in [6.07, 6.45) is 2.53. The second-order valence-electron chi connectivity index (χ2n) is 7.51. The van der Waals surface area contributed by atoms with E-state index in [0.29, 0.717) is 18.3 Å². The zero-order valence-corrected chi connectivity index (χ0v) is 14.2. The van der Waals surface area contributed by atoms with E-state index in [2.05, 4.69) is 23.8 Å². The zero-order valence-electron chi connectivity index (χ0n) is 14.2. The molecular formula is C19H27FN2O. The van der Waals surface area contributed by atoms with Gasteiger partial charge in [-0.3, -0.25) is 4.79 Å². The molecule has 0 aliphatic carbocycles. The number of benzene rings is 1. The maximum absolute atomic E-state index is 13.2. The summed E-state index contributed by atoms with van der Waals surface area (Å²) in [5.41, 5.74) is 0.974. The van der Waals surface area contributed by atoms with Crippen LogP contribution >= 0.6 is 0 Å². The molecule has 0 saturated carbocycles. The van der Waals surface area contributed by atoms with E-state index >= 15 is 0 Å². The minimum Gasteiger partial charge on any atom is -0.342 e. The second-order valence-corrected chi connectivity index (χ2v) is 7.51. The van der Waals surface area contributed by atoms with Crippen LogP contribution in [-0.2, 0) is 11.2 Å². The number of carbonyl (C=O) groups is 1. The summed E-state index contributed by atoms with van der Waals surface area (Å²) < 4.78 is 13.2. The molecule has 1 amide bonds. The van der Waals surface area contributed by atoms with Crippen molar-refractivity contribution in [3.05, 3.63) is 35.6 Å². The molecule has 2 aliphatic rings. The van der Waals surface area contributed by atoms with Crippen LogP contribution in [0.15, 0.2) is 24.3 Å². The molecule has 3 rings (SSSR count). The first-order valence-electron chi connectivity index (χ1n) is 8.72. The first-order chi connectivity index (χ1) is 11.0. The van der Waals surface area contributed by atoms with Crippen LogP contribution in [0.25, 0.3) is 0 Å². The van der Waals surface area contributed by atoms with Gasteiger partial charge in [-0.1, -0.05) is 19.1 Å². The highest BCUT2D eigenvalue weighted by atomic mass is 19.1. The average molecular weight is 318 g/mol. The predicted octanol–water partition coefficient (Wildman–Crippen LogP) is 2.80. The van der Waals surface area contributed by atoms with Crippen LogP contribution in [0.3, 0.4) is 0 Å². The molecule has 23 heavy (non-hydrogen) atoms. The molecule has 0 aromatic heterocycles. The Labute approximate surface area is 138 Å². The van der Waals surface area contributed by atoms with Crippen molar-refractivity contribution in [3.8, 4) is 0 Å². The van der Waals surface area contributed by atoms with Crippen molar-refractivity contribution in [2.24, 2.45) is 17.8 Å². The Morgan fingerprint density at radius 2 is 2.09 bits per heavy atom. The molecule has 1 aromatic carbocycles. The zero-order chi connectivity index (χ0) is 16.4. The van der Waals surface area contributed by atoms with E-state index in [1.807, 2.05) is 6.07 Å². The van der Waals surface area contributed by atoms with Gasteiger partial charge in [-0.2, -0.15) is 0 Å². The summed E-state index contributed by atoms with van der Waals surface area (Å²) in [4.78, 5) is 17.0. The largest absolute Gasteiger partial charge is 0.342 e. The number of carbonyl (C=O) groups excluding carboxylic acids is 1. The lowest BCUT2D eigenvalue weighted by atomic mass is 9.89. The number of rotatable bonds is 4. The minimum absolute atomic E-state index is 0.200. The molecule has 1 unspecified atom stereocenters. The van der Waals surface area contributed by atoms with E-state index in [1.54, 1.807) is 12.1 Å². The highest BCUT2D eigenvalue weighted by Gasteiger charge is 2.37. The molecule has 2 aliphatic heterocycles. The van der Waals surface area contributed by atoms with Gasteiger partial charge in [0.05, 0.1) is 0 Å². The van der Waals surface area contributed by atoms with Gasteiger partial charge >= 0.3 is 0 Å². The van der Waals surface area contributed by atoms with Gasteiger partial charge < -0.3 is 9.80 Å². The molecule has 2 saturated heterocycles. The molecule has 3 atom stereocenters. The predicted molar refractivity (Wildman–Crippen MR) is 89.6 cm³/mol. The van der Waals surface area contributed by atoms with E-state index in [9.17, 15) is 9.18 Å². The Balaban J connectivity index is 1.51. The summed E-state index contributed by atoms with van der Waals surface area (Å²) in [6.45, 7) is 6.21. The lowest BCUT2D eigenvalue weighted by Crippen LogP contribution is -2.37. The minimum atomic E-state index is -0.200. The number of likely N-dealkylation sites (tertiary alicyclic amines) is 2. The number of halogens is 1. The van der Waals surface area contributed by atoms with Gasteiger partial charge in [0.25, 0.3) is 0 Å². The van der Waals surface area contributed by atoms with Crippen molar-refractivity contribution in [3.63, 3.8) is 0 Å². The Bertz CT molecular complexity index is 562. The number of amides is 1. The van der Waals surface area contributed by atoms with Crippen molar-refractivity contribution in [1.82, 2.24) is 9.80 Å². The Morgan fingerprint density at radius 3 is 2.87 bits per heavy atom. The summed E-state index contributed by atoms with van der Waals surface area (Å²) in [6, 6.07) is 6.70. The summed E-state index contributed by atoms with van der Waals surface area (Å²) in [5.74, 6) is 1.65. The summed E-state index contributed by atoms with van der Waals surface area (Å²) >= 11 is 0. The lowest BCUT2D eigenvalue weighted by Gasteiger charge is -2.31. The van der Waals surface area contributed by atoms with Crippen molar-refractivity contribution in [2.45, 2.75) is 26.2 Å². The van der Waals surface area contributed by atoms with E-state index in [1.165, 1.54) is 12.5 Å². The number of nitrogens with zero attached hydrogens (tertiary/aromatic N) is 2. The second kappa shape index (κ2) is 7.00. The Hall–Kier alpha value is -1.42. The maximum atomic E-state index is 13.2. The van der Waals surface area contributed by atoms with Crippen molar-refractivity contribution in [1.29, 1.82) is 0 Å². The van der Waals surface area contributed by atoms with Gasteiger partial charge in [0.15, 0.2) is 0 Å². The number of hydrogen-bond acceptors (Lipinski definition) is 2. The molecule has 0 N–H and O–H groups in total. The molecule has 126 valence electrons. The third-order valence-corrected chi connectivity index (χ3v) is 5.35. The molecule has 0 bridgehead atoms. The van der Waals surface area contributed by atoms with Crippen LogP contribution < -0.4 is 0 Å². The van der Waals surface area contributed by atoms with Crippen LogP contribution in [-0.4, -0.2) is 48.9 Å². The normalized spacial score (nSPS) is 26.1. The summed E-state index contributed by atoms with van der Waals surface area (Å²) in [7, 11) is 2.17. The van der Waals surface area contributed by atoms with E-state index in [4.69, 9.17) is 0 Å². The van der Waals surface area contributed by atoms with Crippen molar-refractivity contribution >= 4 is 5.91 Å². The SMILES string of the molecule is CC(CC(=O)N1C[C@H]2CN(C)CC[C@H]2C1)Cc1cccc(F)c1. The van der Waals surface area contributed by atoms with E-state index < -0.39 is 0 Å². The van der Waals surface area contributed by atoms with Crippen LogP contribution in [0.2, 0.25) is 0 Å². The van der Waals surface area contributed by atoms with Gasteiger partial charge in [0.2, 0.25) is 5.91 Å². The van der Waals surface area contributed by atoms with Crippen molar-refractivity contribution in [2.75, 3.05) is 33.2 Å². The third kappa shape index (κ3) is 4.11. The topological polar surface area (TPSA) is 23.6 Å². The quantitative estimate of drug-likeness (QED) is 0.852. The van der Waals surface area contributed by atoms with Crippen LogP contribution in [0, 0.1) is 23.6 Å². The highest BCUT2D eigenvalue weighted by molar-refractivity contribution is 5.76. The molecular weight excluding hydrogens is 291 g/mol. The van der Waals surface area contributed by atoms with Gasteiger partial charge in [-0.25, -0.2) is 4.39 Å². The Kier molecular flexibility index (Phi) is 5.00. The molecule has 0 radical (unpaired) electrons. The van der Waals surface area contributed by atoms with Gasteiger partial charge in [-0.15, -0.1) is 0 Å². The van der Waals surface area contributed by atoms with E-state index in [-0.39, 0.29) is 17.6 Å².